The van der Waals surface area contributed by atoms with Crippen LogP contribution in [0, 0.1) is 19.4 Å². The van der Waals surface area contributed by atoms with Crippen molar-refractivity contribution in [3.05, 3.63) is 42.1 Å². The Labute approximate surface area is 107 Å². The summed E-state index contributed by atoms with van der Waals surface area (Å²) in [6, 6.07) is 13.1. The monoisotopic (exact) mass is 259 g/mol. The predicted octanol–water partition coefficient (Wildman–Crippen LogP) is 2.31. The number of terminal acetylenes is 1. The van der Waals surface area contributed by atoms with Crippen molar-refractivity contribution in [3.63, 3.8) is 0 Å². The molecule has 1 aromatic carbocycles. The van der Waals surface area contributed by atoms with Crippen LogP contribution in [0.5, 0.6) is 0 Å². The molecule has 3 nitrogen and oxygen atoms in total. The van der Waals surface area contributed by atoms with Crippen molar-refractivity contribution >= 4 is 9.84 Å². The zero-order chi connectivity index (χ0) is 13.3. The van der Waals surface area contributed by atoms with Gasteiger partial charge in [0.1, 0.15) is 0 Å². The normalized spacial score (nSPS) is 11.2. The first-order chi connectivity index (χ1) is 8.43. The number of benzene rings is 1. The summed E-state index contributed by atoms with van der Waals surface area (Å²) in [5, 5.41) is 0. The highest BCUT2D eigenvalue weighted by Gasteiger charge is 2.09. The maximum Gasteiger partial charge on any atom is 0.175 e. The number of sulfone groups is 1. The predicted molar refractivity (Wildman–Crippen MR) is 71.9 cm³/mol. The minimum absolute atomic E-state index is 0.307. The molecule has 0 radical (unpaired) electrons. The fourth-order valence-electron chi connectivity index (χ4n) is 1.81. The molecule has 2 aromatic rings. The van der Waals surface area contributed by atoms with Crippen molar-refractivity contribution in [2.75, 3.05) is 6.26 Å². The molecule has 0 atom stereocenters. The summed E-state index contributed by atoms with van der Waals surface area (Å²) >= 11 is 0. The Morgan fingerprint density at radius 1 is 1.11 bits per heavy atom. The molecule has 0 saturated heterocycles. The van der Waals surface area contributed by atoms with Crippen LogP contribution in [0.1, 0.15) is 5.69 Å². The van der Waals surface area contributed by atoms with Gasteiger partial charge in [0.2, 0.25) is 0 Å². The van der Waals surface area contributed by atoms with E-state index >= 15 is 0 Å². The molecule has 0 fully saturated rings. The maximum absolute atomic E-state index is 11.4. The lowest BCUT2D eigenvalue weighted by molar-refractivity contribution is 0.602. The number of aryl methyl sites for hydroxylation is 1. The lowest BCUT2D eigenvalue weighted by Crippen LogP contribution is -1.97. The fourth-order valence-corrected chi connectivity index (χ4v) is 2.44. The van der Waals surface area contributed by atoms with Crippen LogP contribution in [-0.4, -0.2) is 19.2 Å². The van der Waals surface area contributed by atoms with Crippen molar-refractivity contribution in [1.29, 1.82) is 0 Å². The van der Waals surface area contributed by atoms with Gasteiger partial charge >= 0.3 is 0 Å². The molecule has 0 N–H and O–H groups in total. The molecule has 0 spiro atoms. The van der Waals surface area contributed by atoms with E-state index in [4.69, 9.17) is 6.42 Å². The van der Waals surface area contributed by atoms with Gasteiger partial charge in [-0.25, -0.2) is 8.42 Å². The summed E-state index contributed by atoms with van der Waals surface area (Å²) in [7, 11) is -3.16. The molecule has 18 heavy (non-hydrogen) atoms. The largest absolute Gasteiger partial charge is 0.274 e. The highest BCUT2D eigenvalue weighted by Crippen LogP contribution is 2.23. The molecule has 4 heteroatoms. The molecule has 2 rings (SSSR count). The average molecular weight is 259 g/mol. The Morgan fingerprint density at radius 3 is 2.22 bits per heavy atom. The standard InChI is InChI=1S/C14H13NO2S/c1-4-15-11(2)5-10-14(15)12-6-8-13(9-7-12)18(3,16)17/h1,5-10H,2-3H3. The smallest absolute Gasteiger partial charge is 0.175 e. The lowest BCUT2D eigenvalue weighted by Gasteiger charge is -2.05. The van der Waals surface area contributed by atoms with Crippen LogP contribution in [0.4, 0.5) is 0 Å². The first-order valence-electron chi connectivity index (χ1n) is 5.39. The molecule has 0 aliphatic heterocycles. The third kappa shape index (κ3) is 2.18. The van der Waals surface area contributed by atoms with Gasteiger partial charge in [0, 0.05) is 18.0 Å². The van der Waals surface area contributed by atoms with Gasteiger partial charge in [-0.1, -0.05) is 18.6 Å². The first kappa shape index (κ1) is 12.5. The second-order valence-electron chi connectivity index (χ2n) is 4.12. The van der Waals surface area contributed by atoms with Gasteiger partial charge in [0.05, 0.1) is 10.6 Å². The topological polar surface area (TPSA) is 39.1 Å². The Morgan fingerprint density at radius 2 is 1.72 bits per heavy atom. The van der Waals surface area contributed by atoms with Gasteiger partial charge in [-0.15, -0.1) is 0 Å². The minimum atomic E-state index is -3.16. The lowest BCUT2D eigenvalue weighted by atomic mass is 10.1. The number of nitrogens with zero attached hydrogens (tertiary/aromatic N) is 1. The number of hydrogen-bond donors (Lipinski definition) is 0. The zero-order valence-corrected chi connectivity index (χ0v) is 11.0. The molecule has 0 aliphatic carbocycles. The van der Waals surface area contributed by atoms with E-state index in [1.54, 1.807) is 28.8 Å². The Bertz CT molecular complexity index is 716. The molecule has 92 valence electrons. The summed E-state index contributed by atoms with van der Waals surface area (Å²) in [6.45, 7) is 1.92. The van der Waals surface area contributed by atoms with Crippen molar-refractivity contribution in [3.8, 4) is 23.7 Å². The van der Waals surface area contributed by atoms with E-state index in [1.807, 2.05) is 19.1 Å². The van der Waals surface area contributed by atoms with Crippen LogP contribution >= 0.6 is 0 Å². The minimum Gasteiger partial charge on any atom is -0.274 e. The van der Waals surface area contributed by atoms with E-state index < -0.39 is 9.84 Å². The summed E-state index contributed by atoms with van der Waals surface area (Å²) in [6.07, 6.45) is 6.64. The quantitative estimate of drug-likeness (QED) is 0.776. The van der Waals surface area contributed by atoms with Gasteiger partial charge in [-0.05, 0) is 36.8 Å². The van der Waals surface area contributed by atoms with Crippen LogP contribution in [-0.2, 0) is 9.84 Å². The molecule has 0 amide bonds. The second kappa shape index (κ2) is 4.35. The van der Waals surface area contributed by atoms with E-state index in [-0.39, 0.29) is 0 Å². The number of hydrogen-bond acceptors (Lipinski definition) is 2. The summed E-state index contributed by atoms with van der Waals surface area (Å²) in [5.74, 6) is 0. The Hall–Kier alpha value is -1.99. The molecule has 1 heterocycles. The molecule has 0 saturated carbocycles. The van der Waals surface area contributed by atoms with E-state index in [9.17, 15) is 8.42 Å². The van der Waals surface area contributed by atoms with Crippen LogP contribution in [0.25, 0.3) is 11.3 Å². The molecular weight excluding hydrogens is 246 g/mol. The van der Waals surface area contributed by atoms with Gasteiger partial charge in [-0.3, -0.25) is 4.57 Å². The van der Waals surface area contributed by atoms with Crippen molar-refractivity contribution in [1.82, 2.24) is 4.57 Å². The van der Waals surface area contributed by atoms with Gasteiger partial charge in [-0.2, -0.15) is 0 Å². The van der Waals surface area contributed by atoms with Crippen molar-refractivity contribution in [2.45, 2.75) is 11.8 Å². The highest BCUT2D eigenvalue weighted by molar-refractivity contribution is 7.90. The van der Waals surface area contributed by atoms with Crippen molar-refractivity contribution < 1.29 is 8.42 Å². The summed E-state index contributed by atoms with van der Waals surface area (Å²) < 4.78 is 24.5. The van der Waals surface area contributed by atoms with Gasteiger partial charge < -0.3 is 0 Å². The number of aromatic nitrogens is 1. The Kier molecular flexibility index (Phi) is 3.02. The van der Waals surface area contributed by atoms with E-state index in [2.05, 4.69) is 6.04 Å². The van der Waals surface area contributed by atoms with Crippen LogP contribution in [0.2, 0.25) is 0 Å². The molecule has 1 aromatic heterocycles. The molecule has 0 aliphatic rings. The fraction of sp³-hybridized carbons (Fsp3) is 0.143. The van der Waals surface area contributed by atoms with Crippen LogP contribution < -0.4 is 0 Å². The molecule has 0 unspecified atom stereocenters. The Balaban J connectivity index is 2.51. The van der Waals surface area contributed by atoms with Crippen LogP contribution in [0.15, 0.2) is 41.3 Å². The SMILES string of the molecule is C#Cn1c(C)ccc1-c1ccc(S(C)(=O)=O)cc1. The van der Waals surface area contributed by atoms with Gasteiger partial charge in [0.15, 0.2) is 9.84 Å². The highest BCUT2D eigenvalue weighted by atomic mass is 32.2. The van der Waals surface area contributed by atoms with Gasteiger partial charge in [0.25, 0.3) is 0 Å². The maximum atomic E-state index is 11.4. The molecular formula is C14H13NO2S. The second-order valence-corrected chi connectivity index (χ2v) is 6.14. The summed E-state index contributed by atoms with van der Waals surface area (Å²) in [4.78, 5) is 0.307. The van der Waals surface area contributed by atoms with Crippen LogP contribution in [0.3, 0.4) is 0 Å². The zero-order valence-electron chi connectivity index (χ0n) is 10.2. The van der Waals surface area contributed by atoms with Crippen molar-refractivity contribution in [2.24, 2.45) is 0 Å². The van der Waals surface area contributed by atoms with E-state index in [0.717, 1.165) is 17.0 Å². The number of rotatable bonds is 2. The average Bonchev–Trinajstić information content (AvgIpc) is 2.69. The molecule has 0 bridgehead atoms. The summed E-state index contributed by atoms with van der Waals surface area (Å²) in [5.41, 5.74) is 2.75. The van der Waals surface area contributed by atoms with E-state index in [1.165, 1.54) is 6.26 Å². The first-order valence-corrected chi connectivity index (χ1v) is 7.28. The van der Waals surface area contributed by atoms with E-state index in [0.29, 0.717) is 4.90 Å². The third-order valence-corrected chi connectivity index (χ3v) is 3.91. The third-order valence-electron chi connectivity index (χ3n) is 2.78.